The highest BCUT2D eigenvalue weighted by Crippen LogP contribution is 2.20. The lowest BCUT2D eigenvalue weighted by Crippen LogP contribution is -2.36. The first-order valence-electron chi connectivity index (χ1n) is 11.6. The number of hydrogen-bond acceptors (Lipinski definition) is 6. The van der Waals surface area contributed by atoms with E-state index in [1.165, 1.54) is 11.1 Å². The molecular formula is C27H28N6O3. The Labute approximate surface area is 209 Å². The molecule has 0 spiro atoms. The fourth-order valence-electron chi connectivity index (χ4n) is 3.95. The van der Waals surface area contributed by atoms with Gasteiger partial charge in [0.05, 0.1) is 12.2 Å². The second-order valence-corrected chi connectivity index (χ2v) is 8.30. The van der Waals surface area contributed by atoms with Gasteiger partial charge in [-0.1, -0.05) is 42.5 Å². The number of aromatic nitrogens is 3. The van der Waals surface area contributed by atoms with Gasteiger partial charge in [-0.05, 0) is 37.1 Å². The number of amidine groups is 1. The number of esters is 1. The number of aryl methyl sites for hydroxylation is 3. The minimum Gasteiger partial charge on any atom is -0.465 e. The summed E-state index contributed by atoms with van der Waals surface area (Å²) in [6.45, 7) is 1.76. The third kappa shape index (κ3) is 5.41. The summed E-state index contributed by atoms with van der Waals surface area (Å²) in [7, 11) is 1.90. The van der Waals surface area contributed by atoms with Crippen molar-refractivity contribution in [3.8, 4) is 0 Å². The molecule has 9 heteroatoms. The van der Waals surface area contributed by atoms with Crippen LogP contribution in [0.3, 0.4) is 0 Å². The highest BCUT2D eigenvalue weighted by atomic mass is 16.5. The number of pyridine rings is 1. The van der Waals surface area contributed by atoms with E-state index in [4.69, 9.17) is 20.9 Å². The lowest BCUT2D eigenvalue weighted by atomic mass is 10.1. The summed E-state index contributed by atoms with van der Waals surface area (Å²) in [6, 6.07) is 18.3. The maximum Gasteiger partial charge on any atom is 0.326 e. The van der Waals surface area contributed by atoms with Crippen molar-refractivity contribution in [2.75, 3.05) is 18.1 Å². The molecule has 0 aliphatic carbocycles. The average Bonchev–Trinajstić information content (AvgIpc) is 3.21. The van der Waals surface area contributed by atoms with Gasteiger partial charge in [0, 0.05) is 30.9 Å². The number of ether oxygens (including phenoxy) is 1. The maximum absolute atomic E-state index is 13.4. The van der Waals surface area contributed by atoms with Gasteiger partial charge in [0.2, 0.25) is 0 Å². The number of imidazole rings is 1. The fourth-order valence-corrected chi connectivity index (χ4v) is 3.95. The molecule has 9 nitrogen and oxygen atoms in total. The van der Waals surface area contributed by atoms with Gasteiger partial charge in [0.15, 0.2) is 5.65 Å². The molecule has 2 aromatic carbocycles. The van der Waals surface area contributed by atoms with Crippen LogP contribution in [0.15, 0.2) is 66.9 Å². The van der Waals surface area contributed by atoms with Crippen LogP contribution in [0, 0.1) is 5.41 Å². The molecule has 36 heavy (non-hydrogen) atoms. The van der Waals surface area contributed by atoms with Crippen LogP contribution < -0.4 is 10.6 Å². The summed E-state index contributed by atoms with van der Waals surface area (Å²) in [4.78, 5) is 36.2. The molecule has 0 aliphatic rings. The van der Waals surface area contributed by atoms with E-state index in [1.54, 1.807) is 37.3 Å². The fraction of sp³-hybridized carbons (Fsp3) is 0.222. The number of anilines is 1. The molecule has 2 heterocycles. The third-order valence-electron chi connectivity index (χ3n) is 5.86. The standard InChI is InChI=1S/C27H28N6O3/c1-3-36-24(34)17-33(21-7-5-4-6-8-21)27(35)20-15-22-26(30-16-20)32(2)23(31-22)14-11-18-9-12-19(13-10-18)25(28)29/h4-10,12-13,15-16H,3,11,14,17H2,1-2H3,(H3,28,29). The first kappa shape index (κ1) is 24.6. The third-order valence-corrected chi connectivity index (χ3v) is 5.86. The number of hydrogen-bond donors (Lipinski definition) is 2. The van der Waals surface area contributed by atoms with Gasteiger partial charge < -0.3 is 15.0 Å². The van der Waals surface area contributed by atoms with Crippen LogP contribution in [-0.4, -0.2) is 45.4 Å². The maximum atomic E-state index is 13.4. The molecule has 0 saturated carbocycles. The van der Waals surface area contributed by atoms with Crippen molar-refractivity contribution in [1.82, 2.24) is 14.5 Å². The Morgan fingerprint density at radius 2 is 1.78 bits per heavy atom. The van der Waals surface area contributed by atoms with Gasteiger partial charge in [0.25, 0.3) is 5.91 Å². The summed E-state index contributed by atoms with van der Waals surface area (Å²) in [5.41, 5.74) is 9.52. The lowest BCUT2D eigenvalue weighted by molar-refractivity contribution is -0.141. The molecule has 0 saturated heterocycles. The molecule has 0 aliphatic heterocycles. The second kappa shape index (κ2) is 10.8. The number of rotatable bonds is 9. The van der Waals surface area contributed by atoms with Crippen LogP contribution >= 0.6 is 0 Å². The van der Waals surface area contributed by atoms with Crippen molar-refractivity contribution in [3.63, 3.8) is 0 Å². The highest BCUT2D eigenvalue weighted by Gasteiger charge is 2.23. The lowest BCUT2D eigenvalue weighted by Gasteiger charge is -2.21. The van der Waals surface area contributed by atoms with E-state index < -0.39 is 5.97 Å². The van der Waals surface area contributed by atoms with Crippen LogP contribution in [0.4, 0.5) is 5.69 Å². The van der Waals surface area contributed by atoms with Crippen molar-refractivity contribution < 1.29 is 14.3 Å². The number of nitrogens with one attached hydrogen (secondary N) is 1. The van der Waals surface area contributed by atoms with Crippen molar-refractivity contribution >= 4 is 34.6 Å². The van der Waals surface area contributed by atoms with Crippen LogP contribution in [-0.2, 0) is 29.4 Å². The van der Waals surface area contributed by atoms with Crippen molar-refractivity contribution in [2.45, 2.75) is 19.8 Å². The zero-order chi connectivity index (χ0) is 25.7. The quantitative estimate of drug-likeness (QED) is 0.213. The van der Waals surface area contributed by atoms with Crippen LogP contribution in [0.25, 0.3) is 11.2 Å². The van der Waals surface area contributed by atoms with E-state index >= 15 is 0 Å². The molecular weight excluding hydrogens is 456 g/mol. The molecule has 184 valence electrons. The number of nitrogen functional groups attached to an aromatic ring is 1. The van der Waals surface area contributed by atoms with E-state index in [1.807, 2.05) is 41.9 Å². The largest absolute Gasteiger partial charge is 0.465 e. The van der Waals surface area contributed by atoms with Gasteiger partial charge in [-0.15, -0.1) is 0 Å². The summed E-state index contributed by atoms with van der Waals surface area (Å²) in [5, 5.41) is 7.51. The predicted octanol–water partition coefficient (Wildman–Crippen LogP) is 3.25. The molecule has 0 bridgehead atoms. The van der Waals surface area contributed by atoms with Gasteiger partial charge >= 0.3 is 5.97 Å². The van der Waals surface area contributed by atoms with Crippen molar-refractivity contribution in [3.05, 3.63) is 89.4 Å². The van der Waals surface area contributed by atoms with E-state index in [0.717, 1.165) is 17.8 Å². The normalized spacial score (nSPS) is 10.8. The number of carbonyl (C=O) groups excluding carboxylic acids is 2. The van der Waals surface area contributed by atoms with E-state index in [0.29, 0.717) is 34.4 Å². The Balaban J connectivity index is 1.56. The molecule has 2 aromatic heterocycles. The molecule has 0 radical (unpaired) electrons. The molecule has 3 N–H and O–H groups in total. The molecule has 1 amide bonds. The summed E-state index contributed by atoms with van der Waals surface area (Å²) in [6.07, 6.45) is 2.94. The topological polar surface area (TPSA) is 127 Å². The van der Waals surface area contributed by atoms with Crippen LogP contribution in [0.2, 0.25) is 0 Å². The predicted molar refractivity (Wildman–Crippen MR) is 138 cm³/mol. The first-order valence-corrected chi connectivity index (χ1v) is 11.6. The molecule has 0 unspecified atom stereocenters. The van der Waals surface area contributed by atoms with Crippen molar-refractivity contribution in [1.29, 1.82) is 5.41 Å². The minimum atomic E-state index is -0.486. The Morgan fingerprint density at radius 3 is 2.44 bits per heavy atom. The Kier molecular flexibility index (Phi) is 7.39. The summed E-state index contributed by atoms with van der Waals surface area (Å²) < 4.78 is 6.99. The summed E-state index contributed by atoms with van der Waals surface area (Å²) in [5.74, 6) is 0.0345. The van der Waals surface area contributed by atoms with Gasteiger partial charge in [0.1, 0.15) is 23.7 Å². The smallest absolute Gasteiger partial charge is 0.326 e. The molecule has 0 fully saturated rings. The molecule has 4 aromatic rings. The highest BCUT2D eigenvalue weighted by molar-refractivity contribution is 6.09. The number of benzene rings is 2. The Bertz CT molecular complexity index is 1400. The number of nitrogens with two attached hydrogens (primary N) is 1. The second-order valence-electron chi connectivity index (χ2n) is 8.30. The minimum absolute atomic E-state index is 0.0430. The SMILES string of the molecule is CCOC(=O)CN(C(=O)c1cnc2c(c1)nc(CCc1ccc(C(=N)N)cc1)n2C)c1ccccc1. The number of carbonyl (C=O) groups is 2. The van der Waals surface area contributed by atoms with Gasteiger partial charge in [-0.25, -0.2) is 9.97 Å². The van der Waals surface area contributed by atoms with E-state index in [2.05, 4.69) is 4.98 Å². The van der Waals surface area contributed by atoms with Gasteiger partial charge in [-0.2, -0.15) is 0 Å². The number of amides is 1. The molecule has 0 atom stereocenters. The monoisotopic (exact) mass is 484 g/mol. The van der Waals surface area contributed by atoms with E-state index in [9.17, 15) is 9.59 Å². The number of fused-ring (bicyclic) bond motifs is 1. The summed E-state index contributed by atoms with van der Waals surface area (Å²) >= 11 is 0. The zero-order valence-electron chi connectivity index (χ0n) is 20.3. The number of para-hydroxylation sites is 1. The average molecular weight is 485 g/mol. The zero-order valence-corrected chi connectivity index (χ0v) is 20.3. The van der Waals surface area contributed by atoms with Crippen molar-refractivity contribution in [2.24, 2.45) is 12.8 Å². The first-order chi connectivity index (χ1) is 17.4. The van der Waals surface area contributed by atoms with E-state index in [-0.39, 0.29) is 24.9 Å². The van der Waals surface area contributed by atoms with Crippen LogP contribution in [0.1, 0.15) is 34.2 Å². The Morgan fingerprint density at radius 1 is 1.06 bits per heavy atom. The molecule has 4 rings (SSSR count). The van der Waals surface area contributed by atoms with Gasteiger partial charge in [-0.3, -0.25) is 19.9 Å². The number of nitrogens with zero attached hydrogens (tertiary/aromatic N) is 4. The van der Waals surface area contributed by atoms with Crippen LogP contribution in [0.5, 0.6) is 0 Å². The Hall–Kier alpha value is -4.53.